The summed E-state index contributed by atoms with van der Waals surface area (Å²) >= 11 is 0. The molecule has 0 aliphatic heterocycles. The van der Waals surface area contributed by atoms with Gasteiger partial charge in [-0.25, -0.2) is 9.37 Å². The Balaban J connectivity index is 1.51. The van der Waals surface area contributed by atoms with Crippen LogP contribution in [0.5, 0.6) is 5.88 Å². The van der Waals surface area contributed by atoms with Crippen molar-refractivity contribution in [2.75, 3.05) is 0 Å². The predicted octanol–water partition coefficient (Wildman–Crippen LogP) is 2.74. The summed E-state index contributed by atoms with van der Waals surface area (Å²) in [4.78, 5) is 4.23. The van der Waals surface area contributed by atoms with Gasteiger partial charge in [-0.3, -0.25) is 0 Å². The number of nitrogens with zero attached hydrogens (tertiary/aromatic N) is 1. The molecule has 2 atom stereocenters. The predicted molar refractivity (Wildman–Crippen MR) is 82.7 cm³/mol. The van der Waals surface area contributed by atoms with Crippen molar-refractivity contribution in [3.05, 3.63) is 52.5 Å². The molecular formula is C17H14BF4NO. The molecule has 1 saturated carbocycles. The van der Waals surface area contributed by atoms with E-state index in [-0.39, 0.29) is 17.6 Å². The van der Waals surface area contributed by atoms with Crippen LogP contribution < -0.4 is 10.2 Å². The van der Waals surface area contributed by atoms with Crippen LogP contribution in [0.2, 0.25) is 0 Å². The topological polar surface area (TPSA) is 22.1 Å². The van der Waals surface area contributed by atoms with E-state index < -0.39 is 17.6 Å². The van der Waals surface area contributed by atoms with E-state index in [1.807, 2.05) is 6.07 Å². The molecule has 0 saturated heterocycles. The Labute approximate surface area is 137 Å². The summed E-state index contributed by atoms with van der Waals surface area (Å²) in [5.74, 6) is 0.825. The van der Waals surface area contributed by atoms with Gasteiger partial charge in [-0.05, 0) is 41.9 Å². The van der Waals surface area contributed by atoms with Crippen LogP contribution in [0.1, 0.15) is 34.6 Å². The third-order valence-corrected chi connectivity index (χ3v) is 4.88. The highest BCUT2D eigenvalue weighted by molar-refractivity contribution is 6.33. The third kappa shape index (κ3) is 2.66. The molecule has 2 aliphatic carbocycles. The first-order valence-corrected chi connectivity index (χ1v) is 7.81. The number of alkyl halides is 3. The zero-order valence-corrected chi connectivity index (χ0v) is 13.0. The zero-order chi connectivity index (χ0) is 17.1. The standard InChI is InChI=1S/C17H14BF4NO/c18-14-3-10(15(19)5-13(14)17(20,21)22)7-24-16-4-9-1-8-2-11(8)12(9)6-23-16/h3-6,8,11H,1-2,7,18H2/t8-,11?/m0/s1. The minimum Gasteiger partial charge on any atom is -0.473 e. The first kappa shape index (κ1) is 15.5. The highest BCUT2D eigenvalue weighted by atomic mass is 19.4. The fourth-order valence-corrected chi connectivity index (χ4v) is 3.52. The summed E-state index contributed by atoms with van der Waals surface area (Å²) in [5.41, 5.74) is 1.59. The molecule has 1 heterocycles. The highest BCUT2D eigenvalue weighted by Gasteiger charge is 2.45. The fourth-order valence-electron chi connectivity index (χ4n) is 3.52. The van der Waals surface area contributed by atoms with E-state index in [0.717, 1.165) is 12.3 Å². The van der Waals surface area contributed by atoms with E-state index in [1.165, 1.54) is 31.5 Å². The van der Waals surface area contributed by atoms with Crippen molar-refractivity contribution in [1.82, 2.24) is 4.98 Å². The first-order valence-electron chi connectivity index (χ1n) is 7.81. The Morgan fingerprint density at radius 2 is 2.04 bits per heavy atom. The van der Waals surface area contributed by atoms with Gasteiger partial charge in [0, 0.05) is 17.8 Å². The normalized spacial score (nSPS) is 21.3. The summed E-state index contributed by atoms with van der Waals surface area (Å²) in [7, 11) is 1.31. The Bertz CT molecular complexity index is 821. The van der Waals surface area contributed by atoms with Crippen LogP contribution in [0, 0.1) is 11.7 Å². The molecule has 1 aromatic heterocycles. The minimum absolute atomic E-state index is 0.0236. The lowest BCUT2D eigenvalue weighted by Crippen LogP contribution is -2.21. The van der Waals surface area contributed by atoms with Crippen molar-refractivity contribution in [3.8, 4) is 5.88 Å². The molecule has 0 amide bonds. The summed E-state index contributed by atoms with van der Waals surface area (Å²) in [5, 5.41) is 0. The van der Waals surface area contributed by atoms with Crippen LogP contribution in [0.15, 0.2) is 24.4 Å². The average Bonchev–Trinajstić information content (AvgIpc) is 3.18. The average molecular weight is 335 g/mol. The van der Waals surface area contributed by atoms with Crippen LogP contribution in [0.25, 0.3) is 0 Å². The number of hydrogen-bond acceptors (Lipinski definition) is 2. The second-order valence-electron chi connectivity index (χ2n) is 6.57. The monoisotopic (exact) mass is 335 g/mol. The highest BCUT2D eigenvalue weighted by Crippen LogP contribution is 2.56. The molecule has 0 bridgehead atoms. The maximum absolute atomic E-state index is 13.9. The Morgan fingerprint density at radius 1 is 1.25 bits per heavy atom. The number of ether oxygens (including phenoxy) is 1. The van der Waals surface area contributed by atoms with Gasteiger partial charge >= 0.3 is 6.18 Å². The van der Waals surface area contributed by atoms with E-state index in [2.05, 4.69) is 4.98 Å². The second kappa shape index (κ2) is 5.23. The van der Waals surface area contributed by atoms with Crippen molar-refractivity contribution in [1.29, 1.82) is 0 Å². The number of aromatic nitrogens is 1. The molecule has 1 aromatic carbocycles. The maximum atomic E-state index is 13.9. The molecule has 4 rings (SSSR count). The minimum atomic E-state index is -4.56. The van der Waals surface area contributed by atoms with E-state index in [4.69, 9.17) is 4.74 Å². The van der Waals surface area contributed by atoms with Crippen molar-refractivity contribution >= 4 is 13.3 Å². The zero-order valence-electron chi connectivity index (χ0n) is 13.0. The van der Waals surface area contributed by atoms with Crippen LogP contribution in [0.4, 0.5) is 17.6 Å². The van der Waals surface area contributed by atoms with Crippen molar-refractivity contribution in [2.45, 2.75) is 31.5 Å². The smallest absolute Gasteiger partial charge is 0.415 e. The van der Waals surface area contributed by atoms with Gasteiger partial charge in [-0.15, -0.1) is 0 Å². The molecule has 2 aromatic rings. The first-order chi connectivity index (χ1) is 11.3. The van der Waals surface area contributed by atoms with Gasteiger partial charge in [0.05, 0.1) is 5.56 Å². The molecule has 0 spiro atoms. The van der Waals surface area contributed by atoms with Gasteiger partial charge in [-0.2, -0.15) is 13.2 Å². The molecule has 7 heteroatoms. The molecule has 2 nitrogen and oxygen atoms in total. The SMILES string of the molecule is Bc1cc(COc2cc3c(cn2)C2C[C@@H]2C3)c(F)cc1C(F)(F)F. The summed E-state index contributed by atoms with van der Waals surface area (Å²) < 4.78 is 57.7. The fraction of sp³-hybridized carbons (Fsp3) is 0.353. The lowest BCUT2D eigenvalue weighted by Gasteiger charge is -2.14. The number of rotatable bonds is 3. The van der Waals surface area contributed by atoms with Gasteiger partial charge in [0.15, 0.2) is 0 Å². The second-order valence-corrected chi connectivity index (χ2v) is 6.57. The van der Waals surface area contributed by atoms with Crippen LogP contribution in [-0.4, -0.2) is 12.8 Å². The number of fused-ring (bicyclic) bond motifs is 3. The molecule has 1 unspecified atom stereocenters. The summed E-state index contributed by atoms with van der Waals surface area (Å²) in [6.45, 7) is -0.149. The van der Waals surface area contributed by atoms with Crippen molar-refractivity contribution in [2.24, 2.45) is 5.92 Å². The van der Waals surface area contributed by atoms with Gasteiger partial charge in [0.25, 0.3) is 0 Å². The molecule has 24 heavy (non-hydrogen) atoms. The van der Waals surface area contributed by atoms with Gasteiger partial charge in [0.2, 0.25) is 5.88 Å². The van der Waals surface area contributed by atoms with Crippen LogP contribution >= 0.6 is 0 Å². The van der Waals surface area contributed by atoms with Gasteiger partial charge in [0.1, 0.15) is 20.3 Å². The number of halogens is 4. The summed E-state index contributed by atoms with van der Waals surface area (Å²) in [6, 6.07) is 3.56. The molecular weight excluding hydrogens is 321 g/mol. The van der Waals surface area contributed by atoms with E-state index in [0.29, 0.717) is 17.9 Å². The largest absolute Gasteiger partial charge is 0.473 e. The molecule has 2 aliphatic rings. The lowest BCUT2D eigenvalue weighted by molar-refractivity contribution is -0.136. The quantitative estimate of drug-likeness (QED) is 0.636. The third-order valence-electron chi connectivity index (χ3n) is 4.88. The van der Waals surface area contributed by atoms with Gasteiger partial charge < -0.3 is 4.74 Å². The molecule has 0 radical (unpaired) electrons. The van der Waals surface area contributed by atoms with Gasteiger partial charge in [-0.1, -0.05) is 11.5 Å². The number of pyridine rings is 1. The van der Waals surface area contributed by atoms with Crippen molar-refractivity contribution < 1.29 is 22.3 Å². The summed E-state index contributed by atoms with van der Waals surface area (Å²) in [6.07, 6.45) is -0.513. The van der Waals surface area contributed by atoms with E-state index in [9.17, 15) is 17.6 Å². The molecule has 124 valence electrons. The number of hydrogen-bond donors (Lipinski definition) is 0. The van der Waals surface area contributed by atoms with Crippen molar-refractivity contribution in [3.63, 3.8) is 0 Å². The number of benzene rings is 1. The van der Waals surface area contributed by atoms with E-state index >= 15 is 0 Å². The Hall–Kier alpha value is -2.05. The lowest BCUT2D eigenvalue weighted by atomic mass is 9.88. The maximum Gasteiger partial charge on any atom is 0.415 e. The molecule has 1 fully saturated rings. The molecule has 0 N–H and O–H groups in total. The van der Waals surface area contributed by atoms with Crippen LogP contribution in [0.3, 0.4) is 0 Å². The Kier molecular flexibility index (Phi) is 3.37. The van der Waals surface area contributed by atoms with E-state index in [1.54, 1.807) is 6.20 Å². The Morgan fingerprint density at radius 3 is 2.79 bits per heavy atom. The van der Waals surface area contributed by atoms with Crippen LogP contribution in [-0.2, 0) is 19.2 Å².